The highest BCUT2D eigenvalue weighted by Gasteiger charge is 2.11. The van der Waals surface area contributed by atoms with E-state index >= 15 is 0 Å². The van der Waals surface area contributed by atoms with Crippen LogP contribution in [0, 0.1) is 11.3 Å². The molecule has 0 aliphatic heterocycles. The van der Waals surface area contributed by atoms with Crippen LogP contribution in [0.3, 0.4) is 0 Å². The summed E-state index contributed by atoms with van der Waals surface area (Å²) in [7, 11) is 1.88. The van der Waals surface area contributed by atoms with Crippen molar-refractivity contribution in [3.8, 4) is 6.07 Å². The van der Waals surface area contributed by atoms with Crippen LogP contribution in [0.25, 0.3) is 0 Å². The van der Waals surface area contributed by atoms with Gasteiger partial charge >= 0.3 is 0 Å². The number of ether oxygens (including phenoxy) is 1. The molecule has 0 aliphatic rings. The summed E-state index contributed by atoms with van der Waals surface area (Å²) in [6.07, 6.45) is -0.570. The lowest BCUT2D eigenvalue weighted by Crippen LogP contribution is -2.31. The van der Waals surface area contributed by atoms with Crippen LogP contribution in [0.1, 0.15) is 17.1 Å². The number of nitriles is 1. The fraction of sp³-hybridized carbons (Fsp3) is 0.353. The van der Waals surface area contributed by atoms with Gasteiger partial charge in [0.2, 0.25) is 5.76 Å². The number of hydrogen-bond acceptors (Lipinski definition) is 5. The van der Waals surface area contributed by atoms with E-state index in [1.165, 1.54) is 0 Å². The lowest BCUT2D eigenvalue weighted by Gasteiger charge is -2.19. The summed E-state index contributed by atoms with van der Waals surface area (Å²) < 4.78 is 10.8. The molecule has 1 aromatic carbocycles. The number of furan rings is 1. The Morgan fingerprint density at radius 3 is 2.73 bits per heavy atom. The smallest absolute Gasteiger partial charge is 0.203 e. The number of likely N-dealkylation sites (N-methyl/N-ethyl adjacent to an activating group) is 1. The van der Waals surface area contributed by atoms with E-state index in [0.717, 1.165) is 5.56 Å². The van der Waals surface area contributed by atoms with Gasteiger partial charge in [0.15, 0.2) is 0 Å². The second kappa shape index (κ2) is 8.35. The van der Waals surface area contributed by atoms with E-state index in [0.29, 0.717) is 31.2 Å². The van der Waals surface area contributed by atoms with Gasteiger partial charge in [-0.3, -0.25) is 4.90 Å². The van der Waals surface area contributed by atoms with E-state index in [2.05, 4.69) is 0 Å². The van der Waals surface area contributed by atoms with Gasteiger partial charge in [0.1, 0.15) is 11.8 Å². The molecule has 1 N–H and O–H groups in total. The summed E-state index contributed by atoms with van der Waals surface area (Å²) in [5, 5.41) is 18.7. The highest BCUT2D eigenvalue weighted by atomic mass is 16.5. The van der Waals surface area contributed by atoms with E-state index in [4.69, 9.17) is 14.4 Å². The SMILES string of the molecule is CN(Cc1ccc(C#N)o1)CC(O)COCc1ccccc1. The summed E-state index contributed by atoms with van der Waals surface area (Å²) >= 11 is 0. The van der Waals surface area contributed by atoms with Gasteiger partial charge in [-0.25, -0.2) is 0 Å². The molecule has 0 fully saturated rings. The largest absolute Gasteiger partial charge is 0.449 e. The minimum Gasteiger partial charge on any atom is -0.449 e. The predicted molar refractivity (Wildman–Crippen MR) is 81.9 cm³/mol. The average Bonchev–Trinajstić information content (AvgIpc) is 2.95. The molecule has 0 spiro atoms. The van der Waals surface area contributed by atoms with Crippen molar-refractivity contribution in [2.45, 2.75) is 19.3 Å². The number of nitrogens with zero attached hydrogens (tertiary/aromatic N) is 2. The van der Waals surface area contributed by atoms with Crippen molar-refractivity contribution < 1.29 is 14.3 Å². The predicted octanol–water partition coefficient (Wildman–Crippen LogP) is 2.16. The lowest BCUT2D eigenvalue weighted by atomic mass is 10.2. The van der Waals surface area contributed by atoms with E-state index in [1.54, 1.807) is 12.1 Å². The summed E-state index contributed by atoms with van der Waals surface area (Å²) in [5.74, 6) is 1.01. The first-order valence-corrected chi connectivity index (χ1v) is 7.14. The lowest BCUT2D eigenvalue weighted by molar-refractivity contribution is 0.0119. The average molecular weight is 300 g/mol. The Hall–Kier alpha value is -2.13. The van der Waals surface area contributed by atoms with Crippen LogP contribution in [0.2, 0.25) is 0 Å². The summed E-state index contributed by atoms with van der Waals surface area (Å²) in [5.41, 5.74) is 1.09. The third-order valence-corrected chi connectivity index (χ3v) is 3.14. The highest BCUT2D eigenvalue weighted by Crippen LogP contribution is 2.09. The fourth-order valence-electron chi connectivity index (χ4n) is 2.15. The minimum absolute atomic E-state index is 0.279. The molecular formula is C17H20N2O3. The van der Waals surface area contributed by atoms with Crippen LogP contribution in [0.5, 0.6) is 0 Å². The van der Waals surface area contributed by atoms with Crippen molar-refractivity contribution >= 4 is 0 Å². The number of aliphatic hydroxyl groups is 1. The Bertz CT molecular complexity index is 604. The van der Waals surface area contributed by atoms with Gasteiger partial charge in [0, 0.05) is 6.54 Å². The van der Waals surface area contributed by atoms with Gasteiger partial charge in [0.05, 0.1) is 25.9 Å². The van der Waals surface area contributed by atoms with Gasteiger partial charge in [-0.2, -0.15) is 5.26 Å². The highest BCUT2D eigenvalue weighted by molar-refractivity contribution is 5.19. The molecule has 2 aromatic rings. The molecule has 22 heavy (non-hydrogen) atoms. The number of benzene rings is 1. The maximum absolute atomic E-state index is 9.98. The molecule has 0 aliphatic carbocycles. The molecule has 1 atom stereocenters. The van der Waals surface area contributed by atoms with Gasteiger partial charge in [-0.15, -0.1) is 0 Å². The van der Waals surface area contributed by atoms with Crippen LogP contribution in [-0.2, 0) is 17.9 Å². The quantitative estimate of drug-likeness (QED) is 0.809. The summed E-state index contributed by atoms with van der Waals surface area (Å²) in [6, 6.07) is 15.2. The fourth-order valence-corrected chi connectivity index (χ4v) is 2.15. The van der Waals surface area contributed by atoms with Crippen LogP contribution in [0.4, 0.5) is 0 Å². The molecule has 116 valence electrons. The molecule has 0 radical (unpaired) electrons. The molecular weight excluding hydrogens is 280 g/mol. The zero-order valence-corrected chi connectivity index (χ0v) is 12.6. The van der Waals surface area contributed by atoms with Crippen LogP contribution in [-0.4, -0.2) is 36.3 Å². The summed E-state index contributed by atoms with van der Waals surface area (Å²) in [6.45, 7) is 1.78. The van der Waals surface area contributed by atoms with Crippen molar-refractivity contribution in [2.75, 3.05) is 20.2 Å². The van der Waals surface area contributed by atoms with Crippen molar-refractivity contribution in [3.63, 3.8) is 0 Å². The van der Waals surface area contributed by atoms with Gasteiger partial charge in [0.25, 0.3) is 0 Å². The Morgan fingerprint density at radius 1 is 1.27 bits per heavy atom. The van der Waals surface area contributed by atoms with Crippen LogP contribution in [0.15, 0.2) is 46.9 Å². The first-order chi connectivity index (χ1) is 10.7. The topological polar surface area (TPSA) is 69.6 Å². The Balaban J connectivity index is 1.67. The van der Waals surface area contributed by atoms with Gasteiger partial charge in [-0.05, 0) is 24.7 Å². The van der Waals surface area contributed by atoms with Crippen LogP contribution >= 0.6 is 0 Å². The molecule has 1 aromatic heterocycles. The zero-order valence-electron chi connectivity index (χ0n) is 12.6. The third-order valence-electron chi connectivity index (χ3n) is 3.14. The molecule has 0 bridgehead atoms. The number of rotatable bonds is 8. The molecule has 0 saturated carbocycles. The summed E-state index contributed by atoms with van der Waals surface area (Å²) in [4.78, 5) is 1.93. The number of aliphatic hydroxyl groups excluding tert-OH is 1. The Kier molecular flexibility index (Phi) is 6.16. The van der Waals surface area contributed by atoms with Gasteiger partial charge < -0.3 is 14.3 Å². The molecule has 1 heterocycles. The van der Waals surface area contributed by atoms with E-state index in [1.807, 2.05) is 48.3 Å². The Labute approximate surface area is 130 Å². The zero-order chi connectivity index (χ0) is 15.8. The van der Waals surface area contributed by atoms with Crippen molar-refractivity contribution in [3.05, 3.63) is 59.5 Å². The third kappa shape index (κ3) is 5.34. The molecule has 2 rings (SSSR count). The minimum atomic E-state index is -0.570. The van der Waals surface area contributed by atoms with Crippen molar-refractivity contribution in [2.24, 2.45) is 0 Å². The number of hydrogen-bond donors (Lipinski definition) is 1. The first-order valence-electron chi connectivity index (χ1n) is 7.14. The molecule has 5 nitrogen and oxygen atoms in total. The van der Waals surface area contributed by atoms with E-state index < -0.39 is 6.10 Å². The molecule has 0 amide bonds. The second-order valence-electron chi connectivity index (χ2n) is 5.23. The molecule has 5 heteroatoms. The van der Waals surface area contributed by atoms with E-state index in [9.17, 15) is 5.11 Å². The standard InChI is InChI=1S/C17H20N2O3/c1-19(11-17-8-7-16(9-18)22-17)10-15(20)13-21-12-14-5-3-2-4-6-14/h2-8,15,20H,10-13H2,1H3. The normalized spacial score (nSPS) is 12.3. The maximum atomic E-state index is 9.98. The maximum Gasteiger partial charge on any atom is 0.203 e. The van der Waals surface area contributed by atoms with Crippen molar-refractivity contribution in [1.82, 2.24) is 4.90 Å². The second-order valence-corrected chi connectivity index (χ2v) is 5.23. The molecule has 1 unspecified atom stereocenters. The monoisotopic (exact) mass is 300 g/mol. The first kappa shape index (κ1) is 16.2. The van der Waals surface area contributed by atoms with Gasteiger partial charge in [-0.1, -0.05) is 30.3 Å². The van der Waals surface area contributed by atoms with E-state index in [-0.39, 0.29) is 6.61 Å². The molecule has 0 saturated heterocycles. The van der Waals surface area contributed by atoms with Crippen molar-refractivity contribution in [1.29, 1.82) is 5.26 Å². The Morgan fingerprint density at radius 2 is 2.05 bits per heavy atom. The van der Waals surface area contributed by atoms with Crippen LogP contribution < -0.4 is 0 Å².